The standard InChI is InChI=1S/C14H23NO2/c1-10(2)9-15-11(3)13-7-6-12(16-4)8-14(13)17-5/h6-8,10-11,15H,9H2,1-5H3. The van der Waals surface area contributed by atoms with E-state index in [-0.39, 0.29) is 6.04 Å². The monoisotopic (exact) mass is 237 g/mol. The molecule has 1 unspecified atom stereocenters. The molecule has 0 spiro atoms. The van der Waals surface area contributed by atoms with Gasteiger partial charge in [0.2, 0.25) is 0 Å². The highest BCUT2D eigenvalue weighted by molar-refractivity contribution is 5.42. The van der Waals surface area contributed by atoms with Crippen molar-refractivity contribution < 1.29 is 9.47 Å². The minimum atomic E-state index is 0.276. The number of ether oxygens (including phenoxy) is 2. The van der Waals surface area contributed by atoms with Gasteiger partial charge in [-0.2, -0.15) is 0 Å². The topological polar surface area (TPSA) is 30.5 Å². The van der Waals surface area contributed by atoms with E-state index in [9.17, 15) is 0 Å². The van der Waals surface area contributed by atoms with Crippen molar-refractivity contribution in [1.82, 2.24) is 5.32 Å². The molecule has 0 fully saturated rings. The molecule has 1 atom stereocenters. The fourth-order valence-corrected chi connectivity index (χ4v) is 1.70. The zero-order chi connectivity index (χ0) is 12.8. The van der Waals surface area contributed by atoms with E-state index in [0.29, 0.717) is 5.92 Å². The molecule has 1 N–H and O–H groups in total. The molecule has 96 valence electrons. The molecule has 1 aromatic carbocycles. The third-order valence-electron chi connectivity index (χ3n) is 2.74. The molecule has 0 aromatic heterocycles. The second-order valence-electron chi connectivity index (χ2n) is 4.63. The summed E-state index contributed by atoms with van der Waals surface area (Å²) in [7, 11) is 3.35. The summed E-state index contributed by atoms with van der Waals surface area (Å²) >= 11 is 0. The van der Waals surface area contributed by atoms with E-state index in [1.165, 1.54) is 0 Å². The maximum absolute atomic E-state index is 5.40. The lowest BCUT2D eigenvalue weighted by molar-refractivity contribution is 0.384. The maximum atomic E-state index is 5.40. The van der Waals surface area contributed by atoms with Gasteiger partial charge in [0, 0.05) is 17.7 Å². The molecule has 0 aliphatic heterocycles. The fraction of sp³-hybridized carbons (Fsp3) is 0.571. The first-order valence-corrected chi connectivity index (χ1v) is 6.03. The fourth-order valence-electron chi connectivity index (χ4n) is 1.70. The third-order valence-corrected chi connectivity index (χ3v) is 2.74. The van der Waals surface area contributed by atoms with Gasteiger partial charge in [0.25, 0.3) is 0 Å². The molecule has 0 radical (unpaired) electrons. The lowest BCUT2D eigenvalue weighted by Crippen LogP contribution is -2.23. The van der Waals surface area contributed by atoms with Gasteiger partial charge in [-0.3, -0.25) is 0 Å². The molecule has 0 heterocycles. The lowest BCUT2D eigenvalue weighted by atomic mass is 10.1. The van der Waals surface area contributed by atoms with Gasteiger partial charge in [-0.15, -0.1) is 0 Å². The summed E-state index contributed by atoms with van der Waals surface area (Å²) in [5, 5.41) is 3.49. The molecule has 1 aromatic rings. The average Bonchev–Trinajstić information content (AvgIpc) is 2.34. The number of benzene rings is 1. The van der Waals surface area contributed by atoms with Crippen molar-refractivity contribution in [2.75, 3.05) is 20.8 Å². The van der Waals surface area contributed by atoms with E-state index in [4.69, 9.17) is 9.47 Å². The molecule has 0 amide bonds. The second kappa shape index (κ2) is 6.50. The van der Waals surface area contributed by atoms with E-state index < -0.39 is 0 Å². The Kier molecular flexibility index (Phi) is 5.29. The van der Waals surface area contributed by atoms with Crippen LogP contribution < -0.4 is 14.8 Å². The van der Waals surface area contributed by atoms with Crippen LogP contribution in [0.4, 0.5) is 0 Å². The number of nitrogens with one attached hydrogen (secondary N) is 1. The van der Waals surface area contributed by atoms with Crippen LogP contribution in [0.3, 0.4) is 0 Å². The van der Waals surface area contributed by atoms with Crippen LogP contribution in [0.2, 0.25) is 0 Å². The van der Waals surface area contributed by atoms with Crippen molar-refractivity contribution in [1.29, 1.82) is 0 Å². The van der Waals surface area contributed by atoms with Crippen molar-refractivity contribution in [3.63, 3.8) is 0 Å². The molecule has 3 heteroatoms. The van der Waals surface area contributed by atoms with Crippen LogP contribution >= 0.6 is 0 Å². The SMILES string of the molecule is COc1ccc(C(C)NCC(C)C)c(OC)c1. The Balaban J connectivity index is 2.81. The Labute approximate surface area is 104 Å². The maximum Gasteiger partial charge on any atom is 0.127 e. The van der Waals surface area contributed by atoms with Gasteiger partial charge in [0.1, 0.15) is 11.5 Å². The molecule has 0 saturated heterocycles. The van der Waals surface area contributed by atoms with Crippen molar-refractivity contribution in [3.05, 3.63) is 23.8 Å². The van der Waals surface area contributed by atoms with E-state index in [2.05, 4.69) is 32.2 Å². The molecule has 17 heavy (non-hydrogen) atoms. The molecule has 0 saturated carbocycles. The first-order chi connectivity index (χ1) is 8.08. The summed E-state index contributed by atoms with van der Waals surface area (Å²) in [5.41, 5.74) is 1.16. The van der Waals surface area contributed by atoms with Gasteiger partial charge in [-0.05, 0) is 25.5 Å². The minimum absolute atomic E-state index is 0.276. The van der Waals surface area contributed by atoms with Crippen molar-refractivity contribution in [2.24, 2.45) is 5.92 Å². The molecular weight excluding hydrogens is 214 g/mol. The largest absolute Gasteiger partial charge is 0.497 e. The van der Waals surface area contributed by atoms with Crippen LogP contribution in [0.5, 0.6) is 11.5 Å². The highest BCUT2D eigenvalue weighted by atomic mass is 16.5. The van der Waals surface area contributed by atoms with Crippen molar-refractivity contribution in [2.45, 2.75) is 26.8 Å². The van der Waals surface area contributed by atoms with E-state index in [1.807, 2.05) is 12.1 Å². The zero-order valence-corrected chi connectivity index (χ0v) is 11.4. The normalized spacial score (nSPS) is 12.6. The van der Waals surface area contributed by atoms with Crippen molar-refractivity contribution >= 4 is 0 Å². The Morgan fingerprint density at radius 2 is 1.82 bits per heavy atom. The van der Waals surface area contributed by atoms with Crippen molar-refractivity contribution in [3.8, 4) is 11.5 Å². The quantitative estimate of drug-likeness (QED) is 0.825. The third kappa shape index (κ3) is 3.93. The number of hydrogen-bond donors (Lipinski definition) is 1. The molecule has 0 aliphatic rings. The Hall–Kier alpha value is -1.22. The summed E-state index contributed by atoms with van der Waals surface area (Å²) in [6.07, 6.45) is 0. The predicted octanol–water partition coefficient (Wildman–Crippen LogP) is 3.01. The number of rotatable bonds is 6. The molecule has 1 rings (SSSR count). The average molecular weight is 237 g/mol. The van der Waals surface area contributed by atoms with Gasteiger partial charge >= 0.3 is 0 Å². The summed E-state index contributed by atoms with van der Waals surface area (Å²) in [5.74, 6) is 2.33. The van der Waals surface area contributed by atoms with Gasteiger partial charge in [0.15, 0.2) is 0 Å². The minimum Gasteiger partial charge on any atom is -0.497 e. The predicted molar refractivity (Wildman–Crippen MR) is 70.8 cm³/mol. The van der Waals surface area contributed by atoms with E-state index in [0.717, 1.165) is 23.6 Å². The number of methoxy groups -OCH3 is 2. The van der Waals surface area contributed by atoms with Crippen LogP contribution in [0.1, 0.15) is 32.4 Å². The molecule has 0 aliphatic carbocycles. The Morgan fingerprint density at radius 1 is 1.12 bits per heavy atom. The van der Waals surface area contributed by atoms with Crippen LogP contribution in [0, 0.1) is 5.92 Å². The van der Waals surface area contributed by atoms with Gasteiger partial charge in [0.05, 0.1) is 14.2 Å². The van der Waals surface area contributed by atoms with Crippen LogP contribution in [-0.2, 0) is 0 Å². The number of hydrogen-bond acceptors (Lipinski definition) is 3. The van der Waals surface area contributed by atoms with Gasteiger partial charge < -0.3 is 14.8 Å². The van der Waals surface area contributed by atoms with Gasteiger partial charge in [-0.25, -0.2) is 0 Å². The molecule has 0 bridgehead atoms. The molecular formula is C14H23NO2. The lowest BCUT2D eigenvalue weighted by Gasteiger charge is -2.19. The Morgan fingerprint density at radius 3 is 2.35 bits per heavy atom. The smallest absolute Gasteiger partial charge is 0.127 e. The Bertz CT molecular complexity index is 350. The summed E-state index contributed by atoms with van der Waals surface area (Å²) in [6, 6.07) is 6.21. The van der Waals surface area contributed by atoms with Crippen LogP contribution in [0.15, 0.2) is 18.2 Å². The van der Waals surface area contributed by atoms with Crippen LogP contribution in [0.25, 0.3) is 0 Å². The second-order valence-corrected chi connectivity index (χ2v) is 4.63. The van der Waals surface area contributed by atoms with E-state index >= 15 is 0 Å². The summed E-state index contributed by atoms with van der Waals surface area (Å²) in [6.45, 7) is 7.54. The zero-order valence-electron chi connectivity index (χ0n) is 11.4. The highest BCUT2D eigenvalue weighted by Crippen LogP contribution is 2.29. The first-order valence-electron chi connectivity index (χ1n) is 6.03. The first kappa shape index (κ1) is 13.8. The van der Waals surface area contributed by atoms with Crippen LogP contribution in [-0.4, -0.2) is 20.8 Å². The summed E-state index contributed by atoms with van der Waals surface area (Å²) < 4.78 is 10.6. The van der Waals surface area contributed by atoms with E-state index in [1.54, 1.807) is 14.2 Å². The molecule has 3 nitrogen and oxygen atoms in total. The highest BCUT2D eigenvalue weighted by Gasteiger charge is 2.12. The van der Waals surface area contributed by atoms with Gasteiger partial charge in [-0.1, -0.05) is 19.9 Å². The summed E-state index contributed by atoms with van der Waals surface area (Å²) in [4.78, 5) is 0.